The van der Waals surface area contributed by atoms with Gasteiger partial charge in [0, 0.05) is 12.3 Å². The molecule has 4 heteroatoms. The number of pyridine rings is 1. The molecule has 1 rings (SSSR count). The number of rotatable bonds is 3. The molecule has 64 valence electrons. The minimum atomic E-state index is -0.728. The van der Waals surface area contributed by atoms with E-state index in [1.54, 1.807) is 18.3 Å². The molecule has 1 aromatic heterocycles. The van der Waals surface area contributed by atoms with Crippen LogP contribution in [0.3, 0.4) is 0 Å². The molecular weight excluding hydrogens is 286 g/mol. The third-order valence-corrected chi connectivity index (χ3v) is 2.09. The SMILES string of the molecule is C=CC(Br)(Br)Oc1ccccn1. The number of alkyl halides is 2. The van der Waals surface area contributed by atoms with Crippen molar-refractivity contribution in [1.82, 2.24) is 4.98 Å². The van der Waals surface area contributed by atoms with Crippen LogP contribution in [0.15, 0.2) is 37.1 Å². The van der Waals surface area contributed by atoms with Crippen molar-refractivity contribution in [1.29, 1.82) is 0 Å². The summed E-state index contributed by atoms with van der Waals surface area (Å²) in [7, 11) is 0. The fourth-order valence-electron chi connectivity index (χ4n) is 0.589. The summed E-state index contributed by atoms with van der Waals surface area (Å²) in [5, 5.41) is 0. The summed E-state index contributed by atoms with van der Waals surface area (Å²) in [6.07, 6.45) is 3.25. The molecule has 0 aliphatic carbocycles. The number of halogens is 2. The van der Waals surface area contributed by atoms with Gasteiger partial charge >= 0.3 is 0 Å². The van der Waals surface area contributed by atoms with Crippen LogP contribution in [0.2, 0.25) is 0 Å². The fourth-order valence-corrected chi connectivity index (χ4v) is 0.920. The number of nitrogens with zero attached hydrogens (tertiary/aromatic N) is 1. The summed E-state index contributed by atoms with van der Waals surface area (Å²) >= 11 is 6.51. The van der Waals surface area contributed by atoms with E-state index in [-0.39, 0.29) is 0 Å². The van der Waals surface area contributed by atoms with Gasteiger partial charge in [-0.15, -0.1) is 0 Å². The van der Waals surface area contributed by atoms with Crippen LogP contribution >= 0.6 is 31.9 Å². The van der Waals surface area contributed by atoms with Crippen LogP contribution < -0.4 is 4.74 Å². The second-order valence-electron chi connectivity index (χ2n) is 2.04. The van der Waals surface area contributed by atoms with Crippen molar-refractivity contribution in [3.8, 4) is 5.88 Å². The summed E-state index contributed by atoms with van der Waals surface area (Å²) in [5.41, 5.74) is 0. The van der Waals surface area contributed by atoms with Gasteiger partial charge in [0.15, 0.2) is 0 Å². The average molecular weight is 293 g/mol. The third kappa shape index (κ3) is 2.95. The molecule has 0 unspecified atom stereocenters. The summed E-state index contributed by atoms with van der Waals surface area (Å²) in [5.74, 6) is 0.533. The first kappa shape index (κ1) is 9.74. The predicted octanol–water partition coefficient (Wildman–Crippen LogP) is 3.09. The van der Waals surface area contributed by atoms with Crippen molar-refractivity contribution in [2.24, 2.45) is 0 Å². The molecule has 0 bridgehead atoms. The zero-order valence-electron chi connectivity index (χ0n) is 6.21. The van der Waals surface area contributed by atoms with Gasteiger partial charge in [0.05, 0.1) is 0 Å². The topological polar surface area (TPSA) is 22.1 Å². The molecular formula is C8H7Br2NO. The average Bonchev–Trinajstić information content (AvgIpc) is 2.06. The Hall–Kier alpha value is -0.350. The van der Waals surface area contributed by atoms with Crippen LogP contribution in [0.1, 0.15) is 0 Å². The van der Waals surface area contributed by atoms with E-state index < -0.39 is 3.42 Å². The van der Waals surface area contributed by atoms with Gasteiger partial charge in [-0.05, 0) is 44.0 Å². The van der Waals surface area contributed by atoms with Gasteiger partial charge in [-0.25, -0.2) is 4.98 Å². The Morgan fingerprint density at radius 3 is 2.75 bits per heavy atom. The highest BCUT2D eigenvalue weighted by Crippen LogP contribution is 2.29. The lowest BCUT2D eigenvalue weighted by Crippen LogP contribution is -2.16. The molecule has 0 saturated heterocycles. The fraction of sp³-hybridized carbons (Fsp3) is 0.125. The Morgan fingerprint density at radius 2 is 2.25 bits per heavy atom. The maximum absolute atomic E-state index is 5.36. The van der Waals surface area contributed by atoms with Crippen molar-refractivity contribution in [2.75, 3.05) is 0 Å². The molecule has 0 fully saturated rings. The van der Waals surface area contributed by atoms with E-state index in [4.69, 9.17) is 4.74 Å². The Labute approximate surface area is 87.9 Å². The monoisotopic (exact) mass is 291 g/mol. The van der Waals surface area contributed by atoms with Crippen molar-refractivity contribution >= 4 is 31.9 Å². The summed E-state index contributed by atoms with van der Waals surface area (Å²) in [6.45, 7) is 3.58. The molecule has 0 aliphatic heterocycles. The summed E-state index contributed by atoms with van der Waals surface area (Å²) in [4.78, 5) is 3.98. The Kier molecular flexibility index (Phi) is 3.29. The molecule has 0 aromatic carbocycles. The zero-order chi connectivity index (χ0) is 9.03. The summed E-state index contributed by atoms with van der Waals surface area (Å²) in [6, 6.07) is 5.44. The molecule has 0 saturated carbocycles. The maximum Gasteiger partial charge on any atom is 0.238 e. The second-order valence-corrected chi connectivity index (χ2v) is 5.46. The highest BCUT2D eigenvalue weighted by molar-refractivity contribution is 9.25. The van der Waals surface area contributed by atoms with Crippen molar-refractivity contribution in [3.05, 3.63) is 37.1 Å². The van der Waals surface area contributed by atoms with Gasteiger partial charge in [0.25, 0.3) is 0 Å². The molecule has 0 N–H and O–H groups in total. The highest BCUT2D eigenvalue weighted by atomic mass is 79.9. The molecule has 12 heavy (non-hydrogen) atoms. The van der Waals surface area contributed by atoms with Crippen LogP contribution in [0, 0.1) is 0 Å². The lowest BCUT2D eigenvalue weighted by molar-refractivity contribution is 0.304. The van der Waals surface area contributed by atoms with Gasteiger partial charge in [0.2, 0.25) is 9.30 Å². The van der Waals surface area contributed by atoms with E-state index >= 15 is 0 Å². The van der Waals surface area contributed by atoms with E-state index in [1.807, 2.05) is 12.1 Å². The van der Waals surface area contributed by atoms with Crippen LogP contribution in [0.4, 0.5) is 0 Å². The van der Waals surface area contributed by atoms with Crippen LogP contribution in [-0.2, 0) is 0 Å². The molecule has 1 heterocycles. The number of aromatic nitrogens is 1. The minimum Gasteiger partial charge on any atom is -0.446 e. The van der Waals surface area contributed by atoms with E-state index in [0.717, 1.165) is 0 Å². The van der Waals surface area contributed by atoms with Gasteiger partial charge in [-0.2, -0.15) is 0 Å². The Balaban J connectivity index is 2.70. The standard InChI is InChI=1S/C8H7Br2NO/c1-2-8(9,10)12-7-5-3-4-6-11-7/h2-6H,1H2. The lowest BCUT2D eigenvalue weighted by atomic mass is 10.5. The molecule has 0 radical (unpaired) electrons. The van der Waals surface area contributed by atoms with Crippen LogP contribution in [-0.4, -0.2) is 8.40 Å². The molecule has 2 nitrogen and oxygen atoms in total. The molecule has 0 amide bonds. The third-order valence-electron chi connectivity index (χ3n) is 1.12. The Morgan fingerprint density at radius 1 is 1.50 bits per heavy atom. The Bertz CT molecular complexity index is 261. The normalized spacial score (nSPS) is 10.8. The van der Waals surface area contributed by atoms with Crippen LogP contribution in [0.25, 0.3) is 0 Å². The molecule has 0 atom stereocenters. The van der Waals surface area contributed by atoms with Crippen molar-refractivity contribution in [2.45, 2.75) is 3.42 Å². The second kappa shape index (κ2) is 4.05. The summed E-state index contributed by atoms with van der Waals surface area (Å²) < 4.78 is 4.63. The van der Waals surface area contributed by atoms with E-state index in [9.17, 15) is 0 Å². The first-order chi connectivity index (χ1) is 5.64. The lowest BCUT2D eigenvalue weighted by Gasteiger charge is -2.16. The molecule has 1 aromatic rings. The minimum absolute atomic E-state index is 0.533. The van der Waals surface area contributed by atoms with Gasteiger partial charge in [-0.1, -0.05) is 12.6 Å². The smallest absolute Gasteiger partial charge is 0.238 e. The number of hydrogen-bond donors (Lipinski definition) is 0. The van der Waals surface area contributed by atoms with Crippen molar-refractivity contribution < 1.29 is 4.74 Å². The largest absolute Gasteiger partial charge is 0.446 e. The predicted molar refractivity (Wildman–Crippen MR) is 55.6 cm³/mol. The van der Waals surface area contributed by atoms with E-state index in [2.05, 4.69) is 43.4 Å². The first-order valence-electron chi connectivity index (χ1n) is 3.25. The van der Waals surface area contributed by atoms with Crippen molar-refractivity contribution in [3.63, 3.8) is 0 Å². The molecule has 0 aliphatic rings. The van der Waals surface area contributed by atoms with Gasteiger partial charge < -0.3 is 4.74 Å². The first-order valence-corrected chi connectivity index (χ1v) is 4.84. The zero-order valence-corrected chi connectivity index (χ0v) is 9.38. The van der Waals surface area contributed by atoms with E-state index in [0.29, 0.717) is 5.88 Å². The van der Waals surface area contributed by atoms with Gasteiger partial charge in [-0.3, -0.25) is 0 Å². The van der Waals surface area contributed by atoms with E-state index in [1.165, 1.54) is 0 Å². The number of ether oxygens (including phenoxy) is 1. The van der Waals surface area contributed by atoms with Crippen LogP contribution in [0.5, 0.6) is 5.88 Å². The number of hydrogen-bond acceptors (Lipinski definition) is 2. The van der Waals surface area contributed by atoms with Gasteiger partial charge in [0.1, 0.15) is 0 Å². The quantitative estimate of drug-likeness (QED) is 0.631. The molecule has 0 spiro atoms. The maximum atomic E-state index is 5.36. The highest BCUT2D eigenvalue weighted by Gasteiger charge is 2.19.